The van der Waals surface area contributed by atoms with Gasteiger partial charge in [-0.15, -0.1) is 0 Å². The van der Waals surface area contributed by atoms with Gasteiger partial charge in [0, 0.05) is 24.2 Å². The lowest BCUT2D eigenvalue weighted by Gasteiger charge is -2.23. The van der Waals surface area contributed by atoms with Gasteiger partial charge in [0.2, 0.25) is 0 Å². The molecule has 0 bridgehead atoms. The average molecular weight is 357 g/mol. The molecule has 0 heterocycles. The number of hydrogen-bond acceptors (Lipinski definition) is 4. The summed E-state index contributed by atoms with van der Waals surface area (Å²) < 4.78 is 10.7. The van der Waals surface area contributed by atoms with Crippen LogP contribution in [0, 0.1) is 6.92 Å². The summed E-state index contributed by atoms with van der Waals surface area (Å²) in [5.41, 5.74) is 2.59. The molecule has 0 aliphatic carbocycles. The Bertz CT molecular complexity index is 690. The van der Waals surface area contributed by atoms with Crippen LogP contribution in [0.25, 0.3) is 0 Å². The number of hydrogen-bond donors (Lipinski definition) is 1. The minimum absolute atomic E-state index is 0.0722. The zero-order valence-corrected chi connectivity index (χ0v) is 15.7. The molecule has 5 heteroatoms. The monoisotopic (exact) mass is 357 g/mol. The van der Waals surface area contributed by atoms with Crippen LogP contribution in [0.1, 0.15) is 27.9 Å². The lowest BCUT2D eigenvalue weighted by molar-refractivity contribution is 0.0719. The first kappa shape index (κ1) is 19.8. The standard InChI is InChI=1S/C21H27NO4/c1-16-19(25-2)14-18(15-20(16)26-3)21(24)22(12-13-23)11-7-10-17-8-5-4-6-9-17/h4-6,8-9,14-15,23H,7,10-13H2,1-3H3. The van der Waals surface area contributed by atoms with E-state index in [0.717, 1.165) is 18.4 Å². The van der Waals surface area contributed by atoms with Gasteiger partial charge in [-0.05, 0) is 37.5 Å². The summed E-state index contributed by atoms with van der Waals surface area (Å²) in [6.07, 6.45) is 1.71. The first-order chi connectivity index (χ1) is 12.6. The molecule has 0 saturated carbocycles. The summed E-state index contributed by atoms with van der Waals surface area (Å²) >= 11 is 0. The fraction of sp³-hybridized carbons (Fsp3) is 0.381. The van der Waals surface area contributed by atoms with E-state index in [1.807, 2.05) is 25.1 Å². The lowest BCUT2D eigenvalue weighted by atomic mass is 10.1. The molecule has 0 saturated heterocycles. The zero-order valence-electron chi connectivity index (χ0n) is 15.7. The normalized spacial score (nSPS) is 10.5. The van der Waals surface area contributed by atoms with Crippen LogP contribution in [0.15, 0.2) is 42.5 Å². The van der Waals surface area contributed by atoms with Gasteiger partial charge in [0.15, 0.2) is 0 Å². The third kappa shape index (κ3) is 4.99. The van der Waals surface area contributed by atoms with Crippen molar-refractivity contribution in [2.24, 2.45) is 0 Å². The molecule has 1 N–H and O–H groups in total. The van der Waals surface area contributed by atoms with Crippen LogP contribution in [-0.2, 0) is 6.42 Å². The van der Waals surface area contributed by atoms with Gasteiger partial charge in [-0.1, -0.05) is 30.3 Å². The van der Waals surface area contributed by atoms with E-state index in [9.17, 15) is 9.90 Å². The second-order valence-corrected chi connectivity index (χ2v) is 6.11. The second-order valence-electron chi connectivity index (χ2n) is 6.11. The van der Waals surface area contributed by atoms with Crippen molar-refractivity contribution in [2.75, 3.05) is 33.9 Å². The van der Waals surface area contributed by atoms with Gasteiger partial charge in [0.1, 0.15) is 11.5 Å². The molecule has 2 rings (SSSR count). The molecule has 1 amide bonds. The Morgan fingerprint density at radius 1 is 1.04 bits per heavy atom. The largest absolute Gasteiger partial charge is 0.496 e. The van der Waals surface area contributed by atoms with Crippen LogP contribution < -0.4 is 9.47 Å². The Balaban J connectivity index is 2.12. The highest BCUT2D eigenvalue weighted by Gasteiger charge is 2.19. The molecule has 0 fully saturated rings. The predicted molar refractivity (Wildman–Crippen MR) is 102 cm³/mol. The number of aryl methyl sites for hydroxylation is 1. The maximum absolute atomic E-state index is 12.9. The van der Waals surface area contributed by atoms with Crippen LogP contribution in [0.5, 0.6) is 11.5 Å². The van der Waals surface area contributed by atoms with Crippen molar-refractivity contribution in [1.29, 1.82) is 0 Å². The number of amides is 1. The average Bonchev–Trinajstić information content (AvgIpc) is 2.67. The van der Waals surface area contributed by atoms with E-state index in [4.69, 9.17) is 9.47 Å². The Kier molecular flexibility index (Phi) is 7.48. The van der Waals surface area contributed by atoms with Crippen molar-refractivity contribution < 1.29 is 19.4 Å². The Morgan fingerprint density at radius 3 is 2.19 bits per heavy atom. The highest BCUT2D eigenvalue weighted by Crippen LogP contribution is 2.30. The summed E-state index contributed by atoms with van der Waals surface area (Å²) in [6, 6.07) is 13.6. The number of rotatable bonds is 9. The Morgan fingerprint density at radius 2 is 1.65 bits per heavy atom. The summed E-state index contributed by atoms with van der Waals surface area (Å²) in [5.74, 6) is 1.09. The fourth-order valence-corrected chi connectivity index (χ4v) is 2.95. The highest BCUT2D eigenvalue weighted by atomic mass is 16.5. The van der Waals surface area contributed by atoms with Gasteiger partial charge in [0.05, 0.1) is 20.8 Å². The summed E-state index contributed by atoms with van der Waals surface area (Å²) in [7, 11) is 3.14. The predicted octanol–water partition coefficient (Wildman–Crippen LogP) is 3.08. The van der Waals surface area contributed by atoms with E-state index < -0.39 is 0 Å². The minimum atomic E-state index is -0.135. The molecule has 0 unspecified atom stereocenters. The van der Waals surface area contributed by atoms with E-state index in [-0.39, 0.29) is 12.5 Å². The van der Waals surface area contributed by atoms with Gasteiger partial charge in [0.25, 0.3) is 5.91 Å². The van der Waals surface area contributed by atoms with Crippen LogP contribution in [0.2, 0.25) is 0 Å². The molecule has 2 aromatic carbocycles. The third-order valence-electron chi connectivity index (χ3n) is 4.39. The Labute approximate surface area is 155 Å². The molecule has 5 nitrogen and oxygen atoms in total. The van der Waals surface area contributed by atoms with Crippen LogP contribution in [0.4, 0.5) is 0 Å². The van der Waals surface area contributed by atoms with Crippen molar-refractivity contribution in [3.05, 3.63) is 59.2 Å². The molecule has 140 valence electrons. The molecule has 0 spiro atoms. The van der Waals surface area contributed by atoms with Gasteiger partial charge >= 0.3 is 0 Å². The number of carbonyl (C=O) groups is 1. The SMILES string of the molecule is COc1cc(C(=O)N(CCO)CCCc2ccccc2)cc(OC)c1C. The summed E-state index contributed by atoms with van der Waals surface area (Å²) in [5, 5.41) is 9.35. The number of aliphatic hydroxyl groups is 1. The van der Waals surface area contributed by atoms with Crippen molar-refractivity contribution in [3.63, 3.8) is 0 Å². The van der Waals surface area contributed by atoms with Gasteiger partial charge in [-0.25, -0.2) is 0 Å². The van der Waals surface area contributed by atoms with Crippen molar-refractivity contribution >= 4 is 5.91 Å². The van der Waals surface area contributed by atoms with Crippen LogP contribution in [0.3, 0.4) is 0 Å². The number of methoxy groups -OCH3 is 2. The number of aliphatic hydroxyl groups excluding tert-OH is 1. The molecule has 0 aromatic heterocycles. The highest BCUT2D eigenvalue weighted by molar-refractivity contribution is 5.95. The first-order valence-corrected chi connectivity index (χ1v) is 8.77. The molecule has 0 aliphatic heterocycles. The second kappa shape index (κ2) is 9.82. The molecular formula is C21H27NO4. The molecule has 26 heavy (non-hydrogen) atoms. The van der Waals surface area contributed by atoms with Gasteiger partial charge < -0.3 is 19.5 Å². The minimum Gasteiger partial charge on any atom is -0.496 e. The van der Waals surface area contributed by atoms with E-state index in [1.165, 1.54) is 5.56 Å². The molecule has 0 atom stereocenters. The van der Waals surface area contributed by atoms with Crippen molar-refractivity contribution in [2.45, 2.75) is 19.8 Å². The summed E-state index contributed by atoms with van der Waals surface area (Å²) in [6.45, 7) is 2.69. The number of ether oxygens (including phenoxy) is 2. The summed E-state index contributed by atoms with van der Waals surface area (Å²) in [4.78, 5) is 14.6. The van der Waals surface area contributed by atoms with Gasteiger partial charge in [-0.3, -0.25) is 4.79 Å². The van der Waals surface area contributed by atoms with E-state index in [0.29, 0.717) is 30.2 Å². The van der Waals surface area contributed by atoms with Gasteiger partial charge in [-0.2, -0.15) is 0 Å². The van der Waals surface area contributed by atoms with E-state index >= 15 is 0 Å². The van der Waals surface area contributed by atoms with Crippen LogP contribution in [-0.4, -0.2) is 49.8 Å². The fourth-order valence-electron chi connectivity index (χ4n) is 2.95. The topological polar surface area (TPSA) is 59.0 Å². The lowest BCUT2D eigenvalue weighted by Crippen LogP contribution is -2.34. The number of benzene rings is 2. The molecule has 0 radical (unpaired) electrons. The van der Waals surface area contributed by atoms with E-state index in [2.05, 4.69) is 12.1 Å². The van der Waals surface area contributed by atoms with E-state index in [1.54, 1.807) is 31.3 Å². The third-order valence-corrected chi connectivity index (χ3v) is 4.39. The maximum Gasteiger partial charge on any atom is 0.254 e. The van der Waals surface area contributed by atoms with Crippen molar-refractivity contribution in [1.82, 2.24) is 4.90 Å². The smallest absolute Gasteiger partial charge is 0.254 e. The quantitative estimate of drug-likeness (QED) is 0.749. The zero-order chi connectivity index (χ0) is 18.9. The maximum atomic E-state index is 12.9. The van der Waals surface area contributed by atoms with Crippen molar-refractivity contribution in [3.8, 4) is 11.5 Å². The molecule has 2 aromatic rings. The first-order valence-electron chi connectivity index (χ1n) is 8.77. The molecular weight excluding hydrogens is 330 g/mol. The number of nitrogens with zero attached hydrogens (tertiary/aromatic N) is 1. The van der Waals surface area contributed by atoms with Crippen LogP contribution >= 0.6 is 0 Å². The molecule has 0 aliphatic rings. The Hall–Kier alpha value is -2.53. The number of carbonyl (C=O) groups excluding carboxylic acids is 1.